The fourth-order valence-electron chi connectivity index (χ4n) is 3.95. The van der Waals surface area contributed by atoms with Crippen molar-refractivity contribution in [2.75, 3.05) is 0 Å². The molecule has 2 heteroatoms. The molecule has 0 amide bonds. The molecule has 0 bridgehead atoms. The number of allylic oxidation sites excluding steroid dienone is 2. The molecule has 2 aromatic carbocycles. The van der Waals surface area contributed by atoms with Gasteiger partial charge in [-0.25, -0.2) is 0 Å². The molecular weight excluding hydrogens is 352 g/mol. The molecule has 2 aliphatic rings. The van der Waals surface area contributed by atoms with Crippen molar-refractivity contribution in [2.45, 2.75) is 31.1 Å². The van der Waals surface area contributed by atoms with Crippen molar-refractivity contribution < 1.29 is 0 Å². The Balaban J connectivity index is 1.39. The second kappa shape index (κ2) is 7.77. The minimum absolute atomic E-state index is 0.330. The fourth-order valence-corrected chi connectivity index (χ4v) is 4.56. The number of unbranched alkanes of at least 4 members (excludes halogenated alkanes) is 1. The summed E-state index contributed by atoms with van der Waals surface area (Å²) in [5, 5.41) is 0. The zero-order chi connectivity index (χ0) is 17.9. The Labute approximate surface area is 166 Å². The maximum absolute atomic E-state index is 5.62. The smallest absolute Gasteiger partial charge is 0.0227 e. The predicted octanol–water partition coefficient (Wildman–Crippen LogP) is 6.72. The quantitative estimate of drug-likeness (QED) is 0.421. The molecule has 0 heterocycles. The highest BCUT2D eigenvalue weighted by molar-refractivity contribution is 7.81. The highest BCUT2D eigenvalue weighted by Gasteiger charge is 2.23. The molecule has 0 N–H and O–H groups in total. The molecule has 0 fully saturated rings. The predicted molar refractivity (Wildman–Crippen MR) is 120 cm³/mol. The number of fused-ring (bicyclic) bond motifs is 2. The van der Waals surface area contributed by atoms with E-state index in [1.54, 1.807) is 0 Å². The summed E-state index contributed by atoms with van der Waals surface area (Å²) in [6.45, 7) is 0. The average molecular weight is 374 g/mol. The van der Waals surface area contributed by atoms with E-state index in [9.17, 15) is 0 Å². The van der Waals surface area contributed by atoms with E-state index in [4.69, 9.17) is 24.4 Å². The summed E-state index contributed by atoms with van der Waals surface area (Å²) in [5.41, 5.74) is 5.33. The highest BCUT2D eigenvalue weighted by Crippen LogP contribution is 2.35. The van der Waals surface area contributed by atoms with Gasteiger partial charge in [-0.15, -0.1) is 0 Å². The molecule has 0 saturated heterocycles. The third-order valence-corrected chi connectivity index (χ3v) is 6.19. The van der Waals surface area contributed by atoms with Crippen LogP contribution in [-0.4, -0.2) is 9.73 Å². The van der Waals surface area contributed by atoms with E-state index in [1.165, 1.54) is 22.3 Å². The fraction of sp³-hybridized carbons (Fsp3) is 0.208. The normalized spacial score (nSPS) is 20.8. The van der Waals surface area contributed by atoms with Crippen LogP contribution in [0.15, 0.2) is 60.7 Å². The molecule has 2 aromatic rings. The van der Waals surface area contributed by atoms with Crippen molar-refractivity contribution >= 4 is 46.3 Å². The average Bonchev–Trinajstić information content (AvgIpc) is 2.68. The van der Waals surface area contributed by atoms with Gasteiger partial charge in [0.15, 0.2) is 0 Å². The van der Waals surface area contributed by atoms with Crippen molar-refractivity contribution in [3.8, 4) is 0 Å². The monoisotopic (exact) mass is 373 g/mol. The maximum Gasteiger partial charge on any atom is 0.0227 e. The molecule has 4 rings (SSSR count). The van der Waals surface area contributed by atoms with Crippen molar-refractivity contribution in [3.63, 3.8) is 0 Å². The van der Waals surface area contributed by atoms with Crippen molar-refractivity contribution in [1.29, 1.82) is 0 Å². The van der Waals surface area contributed by atoms with Crippen LogP contribution in [-0.2, 0) is 0 Å². The molecule has 0 saturated carbocycles. The largest absolute Gasteiger partial charge is 0.0842 e. The van der Waals surface area contributed by atoms with E-state index < -0.39 is 0 Å². The van der Waals surface area contributed by atoms with E-state index in [0.29, 0.717) is 11.8 Å². The molecule has 2 atom stereocenters. The first-order valence-corrected chi connectivity index (χ1v) is 9.99. The van der Waals surface area contributed by atoms with Gasteiger partial charge in [0, 0.05) is 21.6 Å². The van der Waals surface area contributed by atoms with E-state index in [-0.39, 0.29) is 0 Å². The molecule has 129 valence electrons. The van der Waals surface area contributed by atoms with E-state index in [0.717, 1.165) is 29.0 Å². The van der Waals surface area contributed by atoms with Crippen LogP contribution >= 0.6 is 24.4 Å². The van der Waals surface area contributed by atoms with Gasteiger partial charge in [0.2, 0.25) is 0 Å². The molecule has 2 unspecified atom stereocenters. The summed E-state index contributed by atoms with van der Waals surface area (Å²) in [6, 6.07) is 17.2. The Hall–Kier alpha value is -1.90. The second-order valence-corrected chi connectivity index (χ2v) is 7.88. The third-order valence-electron chi connectivity index (χ3n) is 5.35. The van der Waals surface area contributed by atoms with Crippen molar-refractivity contribution in [2.24, 2.45) is 0 Å². The SMILES string of the molecule is S=C1C=Cc2ccccc2C1C[CH]CCC1C(=S)C=Cc2ccccc21. The summed E-state index contributed by atoms with van der Waals surface area (Å²) in [5.74, 6) is 0.685. The second-order valence-electron chi connectivity index (χ2n) is 6.94. The summed E-state index contributed by atoms with van der Waals surface area (Å²) < 4.78 is 0. The lowest BCUT2D eigenvalue weighted by Gasteiger charge is -2.24. The maximum atomic E-state index is 5.62. The lowest BCUT2D eigenvalue weighted by molar-refractivity contribution is 0.716. The molecule has 0 aromatic heterocycles. The Morgan fingerprint density at radius 3 is 1.88 bits per heavy atom. The third kappa shape index (κ3) is 3.49. The van der Waals surface area contributed by atoms with Crippen LogP contribution in [0.3, 0.4) is 0 Å². The van der Waals surface area contributed by atoms with Crippen LogP contribution in [0, 0.1) is 6.42 Å². The topological polar surface area (TPSA) is 0 Å². The van der Waals surface area contributed by atoms with Crippen LogP contribution < -0.4 is 0 Å². The number of benzene rings is 2. The summed E-state index contributed by atoms with van der Waals surface area (Å²) >= 11 is 11.2. The van der Waals surface area contributed by atoms with Gasteiger partial charge < -0.3 is 0 Å². The van der Waals surface area contributed by atoms with Gasteiger partial charge in [-0.05, 0) is 60.1 Å². The Morgan fingerprint density at radius 2 is 1.23 bits per heavy atom. The zero-order valence-corrected chi connectivity index (χ0v) is 16.2. The van der Waals surface area contributed by atoms with Crippen molar-refractivity contribution in [1.82, 2.24) is 0 Å². The van der Waals surface area contributed by atoms with Crippen LogP contribution in [0.4, 0.5) is 0 Å². The molecule has 0 aliphatic heterocycles. The first-order chi connectivity index (χ1) is 12.7. The van der Waals surface area contributed by atoms with Crippen LogP contribution in [0.2, 0.25) is 0 Å². The Morgan fingerprint density at radius 1 is 0.692 bits per heavy atom. The first kappa shape index (κ1) is 17.5. The van der Waals surface area contributed by atoms with Gasteiger partial charge in [0.05, 0.1) is 0 Å². The molecule has 2 aliphatic carbocycles. The van der Waals surface area contributed by atoms with Gasteiger partial charge in [-0.1, -0.05) is 85.1 Å². The minimum atomic E-state index is 0.330. The first-order valence-electron chi connectivity index (χ1n) is 9.17. The van der Waals surface area contributed by atoms with Gasteiger partial charge in [0.25, 0.3) is 0 Å². The van der Waals surface area contributed by atoms with Crippen LogP contribution in [0.1, 0.15) is 53.4 Å². The Kier molecular flexibility index (Phi) is 5.23. The lowest BCUT2D eigenvalue weighted by Crippen LogP contribution is -2.15. The molecule has 1 radical (unpaired) electrons. The van der Waals surface area contributed by atoms with E-state index in [2.05, 4.69) is 79.3 Å². The van der Waals surface area contributed by atoms with Crippen LogP contribution in [0.25, 0.3) is 12.2 Å². The standard InChI is InChI=1S/C24H21S2/c25-23-15-13-17-7-1-3-9-19(17)21(23)11-5-6-12-22-20-10-4-2-8-18(20)14-16-24(22)26/h1-5,7-10,13-16,21-22H,6,11-12H2. The van der Waals surface area contributed by atoms with E-state index >= 15 is 0 Å². The van der Waals surface area contributed by atoms with Crippen molar-refractivity contribution in [3.05, 3.63) is 89.4 Å². The minimum Gasteiger partial charge on any atom is -0.0842 e. The van der Waals surface area contributed by atoms with Gasteiger partial charge in [-0.2, -0.15) is 0 Å². The van der Waals surface area contributed by atoms with Gasteiger partial charge in [-0.3, -0.25) is 0 Å². The van der Waals surface area contributed by atoms with Crippen LogP contribution in [0.5, 0.6) is 0 Å². The summed E-state index contributed by atoms with van der Waals surface area (Å²) in [4.78, 5) is 2.10. The summed E-state index contributed by atoms with van der Waals surface area (Å²) in [6.07, 6.45) is 14.0. The molecular formula is C24H21S2. The van der Waals surface area contributed by atoms with Gasteiger partial charge >= 0.3 is 0 Å². The molecule has 0 spiro atoms. The highest BCUT2D eigenvalue weighted by atomic mass is 32.1. The van der Waals surface area contributed by atoms with Gasteiger partial charge in [0.1, 0.15) is 0 Å². The number of hydrogen-bond donors (Lipinski definition) is 0. The number of thiocarbonyl (C=S) groups is 2. The zero-order valence-electron chi connectivity index (χ0n) is 14.6. The Bertz CT molecular complexity index is 828. The van der Waals surface area contributed by atoms with E-state index in [1.807, 2.05) is 0 Å². The number of hydrogen-bond acceptors (Lipinski definition) is 2. The molecule has 26 heavy (non-hydrogen) atoms. The number of rotatable bonds is 5. The molecule has 0 nitrogen and oxygen atoms in total. The summed E-state index contributed by atoms with van der Waals surface area (Å²) in [7, 11) is 0. The lowest BCUT2D eigenvalue weighted by atomic mass is 9.81.